The fourth-order valence-electron chi connectivity index (χ4n) is 2.26. The largest absolute Gasteiger partial charge is 0.494 e. The number of halogens is 1. The van der Waals surface area contributed by atoms with Crippen LogP contribution in [0.25, 0.3) is 0 Å². The molecule has 0 saturated carbocycles. The Labute approximate surface area is 153 Å². The third-order valence-corrected chi connectivity index (χ3v) is 3.34. The number of hydrogen-bond acceptors (Lipinski definition) is 7. The van der Waals surface area contributed by atoms with E-state index in [4.69, 9.17) is 21.0 Å². The minimum atomic E-state index is -0.646. The number of hydrogen-bond donors (Lipinski definition) is 2. The molecule has 24 heavy (non-hydrogen) atoms. The van der Waals surface area contributed by atoms with Crippen LogP contribution in [0.2, 0.25) is 0 Å². The van der Waals surface area contributed by atoms with E-state index in [0.29, 0.717) is 13.2 Å². The van der Waals surface area contributed by atoms with Crippen molar-refractivity contribution in [2.24, 2.45) is 21.5 Å². The number of hydroxylamine groups is 2. The zero-order valence-corrected chi connectivity index (χ0v) is 15.9. The molecule has 0 saturated heterocycles. The van der Waals surface area contributed by atoms with Crippen molar-refractivity contribution in [2.75, 3.05) is 13.2 Å². The summed E-state index contributed by atoms with van der Waals surface area (Å²) in [6.07, 6.45) is 2.87. The van der Waals surface area contributed by atoms with E-state index in [0.717, 1.165) is 25.0 Å². The fourth-order valence-corrected chi connectivity index (χ4v) is 2.26. The first-order chi connectivity index (χ1) is 11.0. The van der Waals surface area contributed by atoms with Crippen molar-refractivity contribution < 1.29 is 9.57 Å². The van der Waals surface area contributed by atoms with Crippen molar-refractivity contribution in [3.63, 3.8) is 0 Å². The summed E-state index contributed by atoms with van der Waals surface area (Å²) >= 11 is 0. The van der Waals surface area contributed by atoms with Crippen LogP contribution in [0.1, 0.15) is 33.1 Å². The molecule has 1 aliphatic rings. The maximum absolute atomic E-state index is 5.84. The molecule has 0 bridgehead atoms. The summed E-state index contributed by atoms with van der Waals surface area (Å²) in [6, 6.07) is 9.81. The monoisotopic (exact) mass is 399 g/mol. The molecule has 2 rings (SSSR count). The van der Waals surface area contributed by atoms with Crippen LogP contribution in [-0.4, -0.2) is 35.9 Å². The summed E-state index contributed by atoms with van der Waals surface area (Å²) in [5, 5.41) is 1.50. The summed E-state index contributed by atoms with van der Waals surface area (Å²) < 4.78 is 5.64. The molecule has 1 aromatic carbocycles. The molecule has 134 valence electrons. The molecular formula is C16H26BrN5O2. The highest BCUT2D eigenvalue weighted by molar-refractivity contribution is 8.93. The molecule has 0 aromatic heterocycles. The standard InChI is InChI=1S/C16H25N5O2.BrH/c1-16(2)20-14(17)19-15(18)21(16)23-12-8-4-7-11-22-13-9-5-3-6-10-13;/h3,5-6,9-10H,4,7-8,11-12H2,1-2H3,(H4,17,18,19,20);1H. The summed E-state index contributed by atoms with van der Waals surface area (Å²) in [6.45, 7) is 4.98. The van der Waals surface area contributed by atoms with E-state index in [2.05, 4.69) is 9.98 Å². The molecule has 8 heteroatoms. The van der Waals surface area contributed by atoms with Crippen LogP contribution in [-0.2, 0) is 4.84 Å². The van der Waals surface area contributed by atoms with Crippen molar-refractivity contribution in [1.82, 2.24) is 5.06 Å². The van der Waals surface area contributed by atoms with Crippen LogP contribution < -0.4 is 16.2 Å². The van der Waals surface area contributed by atoms with Gasteiger partial charge in [-0.2, -0.15) is 10.1 Å². The van der Waals surface area contributed by atoms with Gasteiger partial charge in [-0.1, -0.05) is 18.2 Å². The Bertz CT molecular complexity index is 563. The van der Waals surface area contributed by atoms with Gasteiger partial charge in [-0.3, -0.25) is 4.84 Å². The number of nitrogens with two attached hydrogens (primary N) is 2. The van der Waals surface area contributed by atoms with Crippen LogP contribution in [0.4, 0.5) is 0 Å². The normalized spacial score (nSPS) is 16.0. The molecule has 1 aromatic rings. The Morgan fingerprint density at radius 2 is 1.71 bits per heavy atom. The van der Waals surface area contributed by atoms with Gasteiger partial charge in [-0.05, 0) is 45.2 Å². The van der Waals surface area contributed by atoms with Gasteiger partial charge in [0.1, 0.15) is 5.75 Å². The molecule has 0 radical (unpaired) electrons. The number of nitrogens with zero attached hydrogens (tertiary/aromatic N) is 3. The Balaban J connectivity index is 0.00000288. The fraction of sp³-hybridized carbons (Fsp3) is 0.500. The molecular weight excluding hydrogens is 374 g/mol. The highest BCUT2D eigenvalue weighted by Gasteiger charge is 2.32. The van der Waals surface area contributed by atoms with Gasteiger partial charge in [-0.25, -0.2) is 4.99 Å². The first-order valence-electron chi connectivity index (χ1n) is 7.79. The van der Waals surface area contributed by atoms with Crippen molar-refractivity contribution in [2.45, 2.75) is 38.8 Å². The van der Waals surface area contributed by atoms with Crippen LogP contribution in [0.3, 0.4) is 0 Å². The van der Waals surface area contributed by atoms with Crippen molar-refractivity contribution in [1.29, 1.82) is 0 Å². The van der Waals surface area contributed by atoms with E-state index in [1.807, 2.05) is 44.2 Å². The lowest BCUT2D eigenvalue weighted by molar-refractivity contribution is -0.157. The van der Waals surface area contributed by atoms with E-state index >= 15 is 0 Å². The quantitative estimate of drug-likeness (QED) is 0.653. The molecule has 0 aliphatic carbocycles. The third-order valence-electron chi connectivity index (χ3n) is 3.34. The lowest BCUT2D eigenvalue weighted by Crippen LogP contribution is -2.53. The highest BCUT2D eigenvalue weighted by Crippen LogP contribution is 2.20. The predicted octanol–water partition coefficient (Wildman–Crippen LogP) is 2.43. The van der Waals surface area contributed by atoms with Crippen LogP contribution in [0.5, 0.6) is 5.75 Å². The first-order valence-corrected chi connectivity index (χ1v) is 7.79. The van der Waals surface area contributed by atoms with Gasteiger partial charge in [0.15, 0.2) is 5.66 Å². The second-order valence-electron chi connectivity index (χ2n) is 5.78. The number of unbranched alkanes of at least 4 members (excludes halogenated alkanes) is 2. The SMILES string of the molecule is Br.CC1(C)N=C(N)N=C(N)N1OCCCCCOc1ccccc1. The predicted molar refractivity (Wildman–Crippen MR) is 101 cm³/mol. The van der Waals surface area contributed by atoms with E-state index in [1.165, 1.54) is 5.06 Å². The molecule has 0 spiro atoms. The Kier molecular flexibility index (Phi) is 8.00. The maximum Gasteiger partial charge on any atom is 0.226 e. The number of ether oxygens (including phenoxy) is 1. The minimum absolute atomic E-state index is 0. The van der Waals surface area contributed by atoms with Gasteiger partial charge in [0.2, 0.25) is 11.9 Å². The summed E-state index contributed by atoms with van der Waals surface area (Å²) in [7, 11) is 0. The van der Waals surface area contributed by atoms with Crippen molar-refractivity contribution in [3.05, 3.63) is 30.3 Å². The maximum atomic E-state index is 5.84. The lowest BCUT2D eigenvalue weighted by Gasteiger charge is -2.36. The lowest BCUT2D eigenvalue weighted by atomic mass is 10.2. The Hall–Kier alpha value is -1.80. The van der Waals surface area contributed by atoms with Gasteiger partial charge in [0.25, 0.3) is 0 Å². The topological polar surface area (TPSA) is 98.5 Å². The summed E-state index contributed by atoms with van der Waals surface area (Å²) in [5.74, 6) is 1.30. The van der Waals surface area contributed by atoms with Gasteiger partial charge >= 0.3 is 0 Å². The van der Waals surface area contributed by atoms with Crippen LogP contribution in [0, 0.1) is 0 Å². The summed E-state index contributed by atoms with van der Waals surface area (Å²) in [5.41, 5.74) is 10.8. The molecule has 0 unspecified atom stereocenters. The van der Waals surface area contributed by atoms with Gasteiger partial charge in [0, 0.05) is 0 Å². The van der Waals surface area contributed by atoms with Gasteiger partial charge < -0.3 is 16.2 Å². The second-order valence-corrected chi connectivity index (χ2v) is 5.78. The Morgan fingerprint density at radius 3 is 2.38 bits per heavy atom. The molecule has 7 nitrogen and oxygen atoms in total. The molecule has 4 N–H and O–H groups in total. The van der Waals surface area contributed by atoms with Gasteiger partial charge in [-0.15, -0.1) is 17.0 Å². The summed E-state index contributed by atoms with van der Waals surface area (Å²) in [4.78, 5) is 13.8. The molecule has 1 heterocycles. The average molecular weight is 400 g/mol. The first kappa shape index (κ1) is 20.2. The number of aliphatic imine (C=N–C) groups is 2. The average Bonchev–Trinajstić information content (AvgIpc) is 2.48. The smallest absolute Gasteiger partial charge is 0.226 e. The zero-order valence-electron chi connectivity index (χ0n) is 14.1. The van der Waals surface area contributed by atoms with Gasteiger partial charge in [0.05, 0.1) is 13.2 Å². The van der Waals surface area contributed by atoms with E-state index < -0.39 is 5.66 Å². The minimum Gasteiger partial charge on any atom is -0.494 e. The van der Waals surface area contributed by atoms with E-state index in [9.17, 15) is 0 Å². The van der Waals surface area contributed by atoms with Crippen molar-refractivity contribution >= 4 is 28.9 Å². The molecule has 0 atom stereocenters. The molecule has 1 aliphatic heterocycles. The van der Waals surface area contributed by atoms with Crippen LogP contribution >= 0.6 is 17.0 Å². The Morgan fingerprint density at radius 1 is 1.04 bits per heavy atom. The highest BCUT2D eigenvalue weighted by atomic mass is 79.9. The third kappa shape index (κ3) is 6.01. The second kappa shape index (κ2) is 9.48. The van der Waals surface area contributed by atoms with E-state index in [1.54, 1.807) is 0 Å². The molecule has 0 fully saturated rings. The number of guanidine groups is 2. The number of benzene rings is 1. The number of para-hydroxylation sites is 1. The van der Waals surface area contributed by atoms with Crippen LogP contribution in [0.15, 0.2) is 40.3 Å². The molecule has 0 amide bonds. The van der Waals surface area contributed by atoms with E-state index in [-0.39, 0.29) is 28.9 Å². The van der Waals surface area contributed by atoms with Crippen molar-refractivity contribution in [3.8, 4) is 5.75 Å². The zero-order chi connectivity index (χ0) is 16.7. The number of rotatable bonds is 8.